The fourth-order valence-corrected chi connectivity index (χ4v) is 1.69. The average molecular weight is 294 g/mol. The number of hydrogen-bond donors (Lipinski definition) is 2. The Morgan fingerprint density at radius 1 is 1.33 bits per heavy atom. The summed E-state index contributed by atoms with van der Waals surface area (Å²) in [5.41, 5.74) is 0.993. The molecule has 0 radical (unpaired) electrons. The van der Waals surface area contributed by atoms with Gasteiger partial charge in [-0.1, -0.05) is 19.4 Å². The van der Waals surface area contributed by atoms with E-state index in [-0.39, 0.29) is 0 Å². The van der Waals surface area contributed by atoms with Gasteiger partial charge in [-0.05, 0) is 12.5 Å². The first-order valence-corrected chi connectivity index (χ1v) is 7.32. The molecule has 0 aliphatic rings. The molecule has 0 aliphatic heterocycles. The molecule has 0 fully saturated rings. The molecule has 0 spiro atoms. The monoisotopic (exact) mass is 294 g/mol. The predicted octanol–water partition coefficient (Wildman–Crippen LogP) is 1.57. The van der Waals surface area contributed by atoms with Gasteiger partial charge in [-0.3, -0.25) is 4.99 Å². The highest BCUT2D eigenvalue weighted by atomic mass is 16.5. The first kappa shape index (κ1) is 17.2. The molecule has 0 unspecified atom stereocenters. The number of hydrogen-bond acceptors (Lipinski definition) is 4. The minimum absolute atomic E-state index is 0.490. The Morgan fingerprint density at radius 2 is 2.19 bits per heavy atom. The Bertz CT molecular complexity index is 424. The van der Waals surface area contributed by atoms with Gasteiger partial charge in [0.25, 0.3) is 0 Å². The van der Waals surface area contributed by atoms with Crippen LogP contribution in [0.1, 0.15) is 25.3 Å². The Hall–Kier alpha value is -1.82. The number of ether oxygens (including phenoxy) is 2. The van der Waals surface area contributed by atoms with Gasteiger partial charge < -0.3 is 20.1 Å². The van der Waals surface area contributed by atoms with Crippen LogP contribution in [0.5, 0.6) is 5.88 Å². The van der Waals surface area contributed by atoms with E-state index in [1.807, 2.05) is 12.1 Å². The van der Waals surface area contributed by atoms with Gasteiger partial charge in [-0.2, -0.15) is 0 Å². The van der Waals surface area contributed by atoms with E-state index < -0.39 is 0 Å². The molecule has 0 amide bonds. The first-order chi connectivity index (χ1) is 10.3. The maximum absolute atomic E-state index is 5.61. The standard InChI is InChI=1S/C15H26N4O2/c1-4-5-8-18-15(16-2)19-12-13-7-6-9-17-14(13)21-11-10-20-3/h6-7,9H,4-5,8,10-12H2,1-3H3,(H2,16,18,19). The first-order valence-electron chi connectivity index (χ1n) is 7.32. The summed E-state index contributed by atoms with van der Waals surface area (Å²) in [6, 6.07) is 3.88. The molecule has 0 atom stereocenters. The molecular weight excluding hydrogens is 268 g/mol. The predicted molar refractivity (Wildman–Crippen MR) is 84.7 cm³/mol. The van der Waals surface area contributed by atoms with Crippen molar-refractivity contribution in [3.8, 4) is 5.88 Å². The largest absolute Gasteiger partial charge is 0.475 e. The van der Waals surface area contributed by atoms with Crippen LogP contribution >= 0.6 is 0 Å². The smallest absolute Gasteiger partial charge is 0.218 e. The van der Waals surface area contributed by atoms with Crippen LogP contribution in [0, 0.1) is 0 Å². The Balaban J connectivity index is 2.49. The zero-order valence-corrected chi connectivity index (χ0v) is 13.2. The van der Waals surface area contributed by atoms with Crippen LogP contribution in [-0.2, 0) is 11.3 Å². The van der Waals surface area contributed by atoms with Gasteiger partial charge in [-0.25, -0.2) is 4.98 Å². The zero-order valence-electron chi connectivity index (χ0n) is 13.2. The SMILES string of the molecule is CCCCNC(=NC)NCc1cccnc1OCCOC. The number of unbranched alkanes of at least 4 members (excludes halogenated alkanes) is 1. The van der Waals surface area contributed by atoms with E-state index in [9.17, 15) is 0 Å². The quantitative estimate of drug-likeness (QED) is 0.411. The lowest BCUT2D eigenvalue weighted by Crippen LogP contribution is -2.37. The summed E-state index contributed by atoms with van der Waals surface area (Å²) in [4.78, 5) is 8.44. The fraction of sp³-hybridized carbons (Fsp3) is 0.600. The molecule has 1 rings (SSSR count). The topological polar surface area (TPSA) is 67.8 Å². The van der Waals surface area contributed by atoms with Crippen LogP contribution < -0.4 is 15.4 Å². The molecule has 1 heterocycles. The van der Waals surface area contributed by atoms with Crippen molar-refractivity contribution in [2.75, 3.05) is 33.9 Å². The lowest BCUT2D eigenvalue weighted by molar-refractivity contribution is 0.143. The molecule has 118 valence electrons. The maximum Gasteiger partial charge on any atom is 0.218 e. The maximum atomic E-state index is 5.61. The third-order valence-corrected chi connectivity index (χ3v) is 2.87. The second-order valence-corrected chi connectivity index (χ2v) is 4.52. The minimum Gasteiger partial charge on any atom is -0.475 e. The molecule has 0 bridgehead atoms. The summed E-state index contributed by atoms with van der Waals surface area (Å²) in [5, 5.41) is 6.53. The van der Waals surface area contributed by atoms with E-state index in [1.165, 1.54) is 0 Å². The summed E-state index contributed by atoms with van der Waals surface area (Å²) in [5.74, 6) is 1.42. The van der Waals surface area contributed by atoms with Crippen molar-refractivity contribution in [3.05, 3.63) is 23.9 Å². The lowest BCUT2D eigenvalue weighted by Gasteiger charge is -2.13. The van der Waals surface area contributed by atoms with Crippen molar-refractivity contribution in [3.63, 3.8) is 0 Å². The van der Waals surface area contributed by atoms with E-state index in [1.54, 1.807) is 20.4 Å². The van der Waals surface area contributed by atoms with E-state index in [0.29, 0.717) is 25.6 Å². The highest BCUT2D eigenvalue weighted by molar-refractivity contribution is 5.79. The Morgan fingerprint density at radius 3 is 2.90 bits per heavy atom. The van der Waals surface area contributed by atoms with Gasteiger partial charge in [0.2, 0.25) is 5.88 Å². The normalized spacial score (nSPS) is 11.3. The van der Waals surface area contributed by atoms with Crippen molar-refractivity contribution >= 4 is 5.96 Å². The number of nitrogens with one attached hydrogen (secondary N) is 2. The molecule has 2 N–H and O–H groups in total. The Kier molecular flexibility index (Phi) is 8.95. The summed E-state index contributed by atoms with van der Waals surface area (Å²) in [7, 11) is 3.41. The van der Waals surface area contributed by atoms with Crippen molar-refractivity contribution in [2.45, 2.75) is 26.3 Å². The molecule has 0 aromatic carbocycles. The van der Waals surface area contributed by atoms with Crippen LogP contribution in [-0.4, -0.2) is 44.9 Å². The second kappa shape index (κ2) is 10.9. The number of aliphatic imine (C=N–C) groups is 1. The van der Waals surface area contributed by atoms with Gasteiger partial charge >= 0.3 is 0 Å². The van der Waals surface area contributed by atoms with Crippen LogP contribution in [0.25, 0.3) is 0 Å². The van der Waals surface area contributed by atoms with Crippen molar-refractivity contribution in [1.29, 1.82) is 0 Å². The van der Waals surface area contributed by atoms with Crippen LogP contribution in [0.15, 0.2) is 23.3 Å². The molecule has 0 saturated carbocycles. The molecular formula is C15H26N4O2. The fourth-order valence-electron chi connectivity index (χ4n) is 1.69. The summed E-state index contributed by atoms with van der Waals surface area (Å²) in [6.45, 7) is 4.73. The molecule has 1 aromatic rings. The number of nitrogens with zero attached hydrogens (tertiary/aromatic N) is 2. The van der Waals surface area contributed by atoms with Gasteiger partial charge in [-0.15, -0.1) is 0 Å². The minimum atomic E-state index is 0.490. The Labute approximate surface area is 127 Å². The van der Waals surface area contributed by atoms with Gasteiger partial charge in [0.1, 0.15) is 6.61 Å². The van der Waals surface area contributed by atoms with Gasteiger partial charge in [0.15, 0.2) is 5.96 Å². The lowest BCUT2D eigenvalue weighted by atomic mass is 10.2. The van der Waals surface area contributed by atoms with E-state index in [2.05, 4.69) is 27.5 Å². The average Bonchev–Trinajstić information content (AvgIpc) is 2.52. The second-order valence-electron chi connectivity index (χ2n) is 4.52. The zero-order chi connectivity index (χ0) is 15.3. The summed E-state index contributed by atoms with van der Waals surface area (Å²) in [6.07, 6.45) is 4.00. The molecule has 6 nitrogen and oxygen atoms in total. The molecule has 0 aliphatic carbocycles. The highest BCUT2D eigenvalue weighted by Crippen LogP contribution is 2.13. The van der Waals surface area contributed by atoms with Crippen LogP contribution in [0.3, 0.4) is 0 Å². The van der Waals surface area contributed by atoms with Crippen molar-refractivity contribution in [2.24, 2.45) is 4.99 Å². The number of guanidine groups is 1. The molecule has 6 heteroatoms. The summed E-state index contributed by atoms with van der Waals surface area (Å²) < 4.78 is 10.6. The van der Waals surface area contributed by atoms with E-state index in [0.717, 1.165) is 30.9 Å². The van der Waals surface area contributed by atoms with E-state index >= 15 is 0 Å². The number of methoxy groups -OCH3 is 1. The number of aromatic nitrogens is 1. The van der Waals surface area contributed by atoms with E-state index in [4.69, 9.17) is 9.47 Å². The van der Waals surface area contributed by atoms with Crippen LogP contribution in [0.4, 0.5) is 0 Å². The van der Waals surface area contributed by atoms with Crippen LogP contribution in [0.2, 0.25) is 0 Å². The number of rotatable bonds is 9. The molecule has 1 aromatic heterocycles. The van der Waals surface area contributed by atoms with Crippen molar-refractivity contribution < 1.29 is 9.47 Å². The molecule has 0 saturated heterocycles. The number of pyridine rings is 1. The summed E-state index contributed by atoms with van der Waals surface area (Å²) >= 11 is 0. The third-order valence-electron chi connectivity index (χ3n) is 2.87. The van der Waals surface area contributed by atoms with Gasteiger partial charge in [0.05, 0.1) is 6.61 Å². The van der Waals surface area contributed by atoms with Crippen molar-refractivity contribution in [1.82, 2.24) is 15.6 Å². The van der Waals surface area contributed by atoms with Gasteiger partial charge in [0, 0.05) is 39.0 Å². The highest BCUT2D eigenvalue weighted by Gasteiger charge is 2.05. The third kappa shape index (κ3) is 6.94. The molecule has 21 heavy (non-hydrogen) atoms.